The fourth-order valence-corrected chi connectivity index (χ4v) is 3.45. The van der Waals surface area contributed by atoms with Gasteiger partial charge in [0.2, 0.25) is 5.91 Å². The molecule has 128 valence electrons. The number of nitrogens with zero attached hydrogens (tertiary/aromatic N) is 1. The number of rotatable bonds is 3. The molecule has 1 aliphatic carbocycles. The van der Waals surface area contributed by atoms with E-state index in [0.717, 1.165) is 31.3 Å². The summed E-state index contributed by atoms with van der Waals surface area (Å²) in [6.45, 7) is 3.70. The molecule has 2 fully saturated rings. The normalized spacial score (nSPS) is 19.1. The van der Waals surface area contributed by atoms with E-state index < -0.39 is 0 Å². The van der Waals surface area contributed by atoms with Crippen LogP contribution in [-0.4, -0.2) is 17.9 Å². The Hall–Kier alpha value is -1.81. The highest BCUT2D eigenvalue weighted by Crippen LogP contribution is 2.35. The van der Waals surface area contributed by atoms with Gasteiger partial charge in [0.05, 0.1) is 23.2 Å². The van der Waals surface area contributed by atoms with Gasteiger partial charge < -0.3 is 4.74 Å². The second-order valence-electron chi connectivity index (χ2n) is 6.68. The number of hydrogen-bond acceptors (Lipinski definition) is 3. The Bertz CT molecular complexity index is 701. The van der Waals surface area contributed by atoms with Gasteiger partial charge in [-0.15, -0.1) is 0 Å². The highest BCUT2D eigenvalue weighted by Gasteiger charge is 2.36. The third-order valence-corrected chi connectivity index (χ3v) is 4.97. The van der Waals surface area contributed by atoms with Gasteiger partial charge in [-0.1, -0.05) is 23.6 Å². The second kappa shape index (κ2) is 6.98. The number of anilines is 1. The minimum Gasteiger partial charge on any atom is -0.489 e. The lowest BCUT2D eigenvalue weighted by Crippen LogP contribution is -2.29. The van der Waals surface area contributed by atoms with Crippen molar-refractivity contribution < 1.29 is 14.3 Å². The van der Waals surface area contributed by atoms with Gasteiger partial charge in [0.25, 0.3) is 5.91 Å². The van der Waals surface area contributed by atoms with Crippen molar-refractivity contribution in [2.75, 3.05) is 4.90 Å². The van der Waals surface area contributed by atoms with Crippen LogP contribution in [0.2, 0.25) is 5.02 Å². The molecule has 0 N–H and O–H groups in total. The van der Waals surface area contributed by atoms with Crippen LogP contribution in [0.15, 0.2) is 29.3 Å². The lowest BCUT2D eigenvalue weighted by molar-refractivity contribution is -0.120. The number of imide groups is 1. The number of amides is 2. The quantitative estimate of drug-likeness (QED) is 0.590. The largest absolute Gasteiger partial charge is 0.489 e. The molecular formula is C19H22ClNO3. The van der Waals surface area contributed by atoms with Crippen molar-refractivity contribution in [3.63, 3.8) is 0 Å². The Morgan fingerprint density at radius 1 is 1.17 bits per heavy atom. The molecule has 2 amide bonds. The maximum absolute atomic E-state index is 12.5. The number of carbonyl (C=O) groups is 2. The van der Waals surface area contributed by atoms with E-state index in [9.17, 15) is 9.59 Å². The summed E-state index contributed by atoms with van der Waals surface area (Å²) in [5.74, 6) is 0.0976. The van der Waals surface area contributed by atoms with Crippen LogP contribution in [0, 0.1) is 0 Å². The van der Waals surface area contributed by atoms with E-state index in [4.69, 9.17) is 16.3 Å². The number of allylic oxidation sites excluding steroid dienone is 1. The molecule has 1 aromatic carbocycles. The number of hydrogen-bond donors (Lipinski definition) is 0. The first-order valence-electron chi connectivity index (χ1n) is 8.47. The van der Waals surface area contributed by atoms with Crippen LogP contribution in [0.3, 0.4) is 0 Å². The van der Waals surface area contributed by atoms with E-state index in [1.165, 1.54) is 11.3 Å². The Kier molecular flexibility index (Phi) is 4.95. The van der Waals surface area contributed by atoms with Crippen molar-refractivity contribution in [3.05, 3.63) is 34.4 Å². The Morgan fingerprint density at radius 2 is 1.88 bits per heavy atom. The summed E-state index contributed by atoms with van der Waals surface area (Å²) in [6, 6.07) is 5.09. The molecular weight excluding hydrogens is 326 g/mol. The SMILES string of the molecule is CC(C)=C1CC(=O)N(c2ccc(Cl)c(OC3CCCCC3)c2)C1=O. The molecule has 1 saturated carbocycles. The van der Waals surface area contributed by atoms with E-state index in [1.807, 2.05) is 13.8 Å². The zero-order valence-electron chi connectivity index (χ0n) is 14.1. The van der Waals surface area contributed by atoms with Gasteiger partial charge in [0.1, 0.15) is 5.75 Å². The highest BCUT2D eigenvalue weighted by molar-refractivity contribution is 6.32. The summed E-state index contributed by atoms with van der Waals surface area (Å²) < 4.78 is 6.04. The molecule has 3 rings (SSSR count). The fourth-order valence-electron chi connectivity index (χ4n) is 3.29. The summed E-state index contributed by atoms with van der Waals surface area (Å²) in [4.78, 5) is 26.0. The number of ether oxygens (including phenoxy) is 1. The number of halogens is 1. The third kappa shape index (κ3) is 3.34. The van der Waals surface area contributed by atoms with Crippen molar-refractivity contribution in [2.24, 2.45) is 0 Å². The summed E-state index contributed by atoms with van der Waals surface area (Å²) in [5.41, 5.74) is 1.98. The molecule has 1 aliphatic heterocycles. The predicted molar refractivity (Wildman–Crippen MR) is 94.4 cm³/mol. The molecule has 4 nitrogen and oxygen atoms in total. The maximum atomic E-state index is 12.5. The number of carbonyl (C=O) groups excluding carboxylic acids is 2. The standard InChI is InChI=1S/C19H22ClNO3/c1-12(2)15-11-18(22)21(19(15)23)13-8-9-16(20)17(10-13)24-14-6-4-3-5-7-14/h8-10,14H,3-7,11H2,1-2H3. The zero-order valence-corrected chi connectivity index (χ0v) is 14.9. The molecule has 1 saturated heterocycles. The van der Waals surface area contributed by atoms with E-state index >= 15 is 0 Å². The van der Waals surface area contributed by atoms with Gasteiger partial charge in [-0.25, -0.2) is 4.90 Å². The van der Waals surface area contributed by atoms with Crippen molar-refractivity contribution in [1.29, 1.82) is 0 Å². The van der Waals surface area contributed by atoms with Gasteiger partial charge in [-0.2, -0.15) is 0 Å². The number of benzene rings is 1. The van der Waals surface area contributed by atoms with Crippen molar-refractivity contribution >= 4 is 29.1 Å². The molecule has 24 heavy (non-hydrogen) atoms. The van der Waals surface area contributed by atoms with Gasteiger partial charge in [0.15, 0.2) is 0 Å². The van der Waals surface area contributed by atoms with Crippen molar-refractivity contribution in [1.82, 2.24) is 0 Å². The molecule has 2 aliphatic rings. The first-order chi connectivity index (χ1) is 11.5. The fraction of sp³-hybridized carbons (Fsp3) is 0.474. The lowest BCUT2D eigenvalue weighted by atomic mass is 9.98. The highest BCUT2D eigenvalue weighted by atomic mass is 35.5. The molecule has 1 heterocycles. The van der Waals surface area contributed by atoms with Gasteiger partial charge in [-0.3, -0.25) is 9.59 Å². The van der Waals surface area contributed by atoms with Crippen LogP contribution in [0.1, 0.15) is 52.4 Å². The first kappa shape index (κ1) is 17.0. The van der Waals surface area contributed by atoms with Crippen LogP contribution in [0.25, 0.3) is 0 Å². The smallest absolute Gasteiger partial charge is 0.261 e. The molecule has 0 unspecified atom stereocenters. The van der Waals surface area contributed by atoms with E-state index in [1.54, 1.807) is 18.2 Å². The molecule has 0 aromatic heterocycles. The minimum atomic E-state index is -0.245. The Morgan fingerprint density at radius 3 is 2.50 bits per heavy atom. The van der Waals surface area contributed by atoms with Crippen LogP contribution < -0.4 is 9.64 Å². The van der Waals surface area contributed by atoms with Crippen LogP contribution in [-0.2, 0) is 9.59 Å². The van der Waals surface area contributed by atoms with Gasteiger partial charge >= 0.3 is 0 Å². The lowest BCUT2D eigenvalue weighted by Gasteiger charge is -2.24. The van der Waals surface area contributed by atoms with E-state index in [0.29, 0.717) is 22.0 Å². The molecule has 0 radical (unpaired) electrons. The topological polar surface area (TPSA) is 46.6 Å². The summed E-state index contributed by atoms with van der Waals surface area (Å²) in [7, 11) is 0. The average molecular weight is 348 g/mol. The molecule has 5 heteroatoms. The van der Waals surface area contributed by atoms with Gasteiger partial charge in [-0.05, 0) is 51.7 Å². The molecule has 0 spiro atoms. The van der Waals surface area contributed by atoms with Crippen LogP contribution in [0.4, 0.5) is 5.69 Å². The van der Waals surface area contributed by atoms with E-state index in [-0.39, 0.29) is 24.3 Å². The molecule has 1 aromatic rings. The van der Waals surface area contributed by atoms with Crippen molar-refractivity contribution in [2.45, 2.75) is 58.5 Å². The first-order valence-corrected chi connectivity index (χ1v) is 8.85. The Balaban J connectivity index is 1.87. The van der Waals surface area contributed by atoms with Gasteiger partial charge in [0, 0.05) is 11.6 Å². The maximum Gasteiger partial charge on any atom is 0.261 e. The Labute approximate surface area is 147 Å². The van der Waals surface area contributed by atoms with Crippen LogP contribution >= 0.6 is 11.6 Å². The summed E-state index contributed by atoms with van der Waals surface area (Å²) in [6.07, 6.45) is 5.92. The zero-order chi connectivity index (χ0) is 17.3. The molecule has 0 bridgehead atoms. The monoisotopic (exact) mass is 347 g/mol. The predicted octanol–water partition coefficient (Wildman–Crippen LogP) is 4.65. The summed E-state index contributed by atoms with van der Waals surface area (Å²) in [5, 5.41) is 0.505. The average Bonchev–Trinajstić information content (AvgIpc) is 2.86. The van der Waals surface area contributed by atoms with Crippen LogP contribution in [0.5, 0.6) is 5.75 Å². The summed E-state index contributed by atoms with van der Waals surface area (Å²) >= 11 is 6.25. The van der Waals surface area contributed by atoms with Crippen molar-refractivity contribution in [3.8, 4) is 5.75 Å². The van der Waals surface area contributed by atoms with E-state index in [2.05, 4.69) is 0 Å². The molecule has 0 atom stereocenters. The third-order valence-electron chi connectivity index (χ3n) is 4.66. The second-order valence-corrected chi connectivity index (χ2v) is 7.09. The minimum absolute atomic E-state index is 0.155.